The summed E-state index contributed by atoms with van der Waals surface area (Å²) >= 11 is 1.85. The smallest absolute Gasteiger partial charge is 0.347 e. The minimum Gasteiger partial charge on any atom is -0.461 e. The second-order valence-corrected chi connectivity index (χ2v) is 7.95. The molecule has 2 heterocycles. The van der Waals surface area contributed by atoms with Crippen LogP contribution in [0, 0.1) is 0 Å². The summed E-state index contributed by atoms with van der Waals surface area (Å²) in [6.45, 7) is 0.678. The summed E-state index contributed by atoms with van der Waals surface area (Å²) in [5.74, 6) is -0.846. The second kappa shape index (κ2) is 11.1. The molecule has 0 radical (unpaired) electrons. The van der Waals surface area contributed by atoms with Crippen molar-refractivity contribution in [1.29, 1.82) is 0 Å². The fourth-order valence-corrected chi connectivity index (χ4v) is 4.65. The minimum absolute atomic E-state index is 0.0277. The Kier molecular flexibility index (Phi) is 8.84. The predicted molar refractivity (Wildman–Crippen MR) is 101 cm³/mol. The van der Waals surface area contributed by atoms with Gasteiger partial charge in [-0.3, -0.25) is 4.79 Å². The third-order valence-electron chi connectivity index (χ3n) is 4.52. The van der Waals surface area contributed by atoms with Crippen molar-refractivity contribution in [2.24, 2.45) is 0 Å². The summed E-state index contributed by atoms with van der Waals surface area (Å²) in [6, 6.07) is 0.296. The van der Waals surface area contributed by atoms with Crippen LogP contribution in [0.1, 0.15) is 32.6 Å². The van der Waals surface area contributed by atoms with Crippen molar-refractivity contribution >= 4 is 35.6 Å². The SMILES string of the molecule is CC(OC(=O)CO)C(=O)OCCNC(=O)CCCCC1SC[C@H]2NC(=O)N[C@@H]12. The van der Waals surface area contributed by atoms with E-state index < -0.39 is 24.6 Å². The third kappa shape index (κ3) is 6.86. The lowest BCUT2D eigenvalue weighted by molar-refractivity contribution is -0.168. The summed E-state index contributed by atoms with van der Waals surface area (Å²) in [4.78, 5) is 45.6. The number of ether oxygens (including phenoxy) is 2. The first kappa shape index (κ1) is 22.3. The molecule has 0 spiro atoms. The predicted octanol–water partition coefficient (Wildman–Crippen LogP) is -0.704. The first-order valence-corrected chi connectivity index (χ1v) is 10.4. The Morgan fingerprint density at radius 3 is 2.86 bits per heavy atom. The normalized spacial score (nSPS) is 23.9. The number of hydrogen-bond donors (Lipinski definition) is 4. The van der Waals surface area contributed by atoms with Crippen molar-refractivity contribution in [3.8, 4) is 0 Å². The van der Waals surface area contributed by atoms with Crippen molar-refractivity contribution in [3.63, 3.8) is 0 Å². The van der Waals surface area contributed by atoms with Gasteiger partial charge < -0.3 is 30.5 Å². The number of rotatable bonds is 11. The molecule has 3 amide bonds. The van der Waals surface area contributed by atoms with Gasteiger partial charge in [0.1, 0.15) is 13.2 Å². The van der Waals surface area contributed by atoms with E-state index in [0.717, 1.165) is 25.0 Å². The molecule has 4 atom stereocenters. The van der Waals surface area contributed by atoms with Gasteiger partial charge in [-0.2, -0.15) is 11.8 Å². The maximum Gasteiger partial charge on any atom is 0.347 e. The maximum atomic E-state index is 11.8. The maximum absolute atomic E-state index is 11.8. The van der Waals surface area contributed by atoms with Gasteiger partial charge in [-0.15, -0.1) is 0 Å². The van der Waals surface area contributed by atoms with Crippen LogP contribution in [0.3, 0.4) is 0 Å². The van der Waals surface area contributed by atoms with E-state index in [1.165, 1.54) is 6.92 Å². The lowest BCUT2D eigenvalue weighted by Crippen LogP contribution is -2.36. The average Bonchev–Trinajstić information content (AvgIpc) is 3.21. The van der Waals surface area contributed by atoms with Crippen LogP contribution in [0.4, 0.5) is 4.79 Å². The summed E-state index contributed by atoms with van der Waals surface area (Å²) in [7, 11) is 0. The van der Waals surface area contributed by atoms with E-state index in [-0.39, 0.29) is 37.2 Å². The number of thioether (sulfide) groups is 1. The molecule has 28 heavy (non-hydrogen) atoms. The van der Waals surface area contributed by atoms with E-state index in [9.17, 15) is 19.2 Å². The summed E-state index contributed by atoms with van der Waals surface area (Å²) in [5.41, 5.74) is 0. The number of unbranched alkanes of at least 4 members (excludes halogenated alkanes) is 1. The zero-order valence-electron chi connectivity index (χ0n) is 15.8. The van der Waals surface area contributed by atoms with Crippen molar-refractivity contribution in [2.45, 2.75) is 56.0 Å². The van der Waals surface area contributed by atoms with E-state index in [4.69, 9.17) is 9.84 Å². The van der Waals surface area contributed by atoms with Crippen LogP contribution in [0.15, 0.2) is 0 Å². The highest BCUT2D eigenvalue weighted by molar-refractivity contribution is 8.00. The molecule has 2 rings (SSSR count). The molecule has 2 aliphatic heterocycles. The van der Waals surface area contributed by atoms with E-state index in [2.05, 4.69) is 20.7 Å². The quantitative estimate of drug-likeness (QED) is 0.196. The van der Waals surface area contributed by atoms with Crippen LogP contribution in [-0.4, -0.2) is 77.9 Å². The lowest BCUT2D eigenvalue weighted by Gasteiger charge is -2.16. The van der Waals surface area contributed by atoms with Gasteiger partial charge in [0.2, 0.25) is 5.91 Å². The van der Waals surface area contributed by atoms with Gasteiger partial charge in [-0.25, -0.2) is 14.4 Å². The first-order valence-electron chi connectivity index (χ1n) is 9.33. The Morgan fingerprint density at radius 1 is 1.32 bits per heavy atom. The van der Waals surface area contributed by atoms with Crippen LogP contribution < -0.4 is 16.0 Å². The fourth-order valence-electron chi connectivity index (χ4n) is 3.10. The van der Waals surface area contributed by atoms with Crippen LogP contribution >= 0.6 is 11.8 Å². The Morgan fingerprint density at radius 2 is 2.11 bits per heavy atom. The van der Waals surface area contributed by atoms with Gasteiger partial charge in [0.05, 0.1) is 18.6 Å². The highest BCUT2D eigenvalue weighted by Crippen LogP contribution is 2.33. The summed E-state index contributed by atoms with van der Waals surface area (Å²) in [6.07, 6.45) is 1.86. The molecule has 2 unspecified atom stereocenters. The van der Waals surface area contributed by atoms with Crippen LogP contribution in [0.2, 0.25) is 0 Å². The Hall–Kier alpha value is -2.01. The Labute approximate surface area is 167 Å². The molecule has 4 N–H and O–H groups in total. The van der Waals surface area contributed by atoms with Crippen LogP contribution in [0.5, 0.6) is 0 Å². The van der Waals surface area contributed by atoms with E-state index >= 15 is 0 Å². The standard InChI is InChI=1S/C17H27N3O7S/c1-10(27-14(23)8-21)16(24)26-7-6-18-13(22)5-3-2-4-12-15-11(9-28-12)19-17(25)20-15/h10-12,15,21H,2-9H2,1H3,(H,18,22)(H2,19,20,25)/t10?,11-,12?,15-/m1/s1. The number of aliphatic hydroxyl groups excluding tert-OH is 1. The van der Waals surface area contributed by atoms with Gasteiger partial charge >= 0.3 is 18.0 Å². The zero-order valence-corrected chi connectivity index (χ0v) is 16.6. The largest absolute Gasteiger partial charge is 0.461 e. The van der Waals surface area contributed by atoms with Crippen LogP contribution in [0.25, 0.3) is 0 Å². The van der Waals surface area contributed by atoms with Crippen molar-refractivity contribution in [2.75, 3.05) is 25.5 Å². The summed E-state index contributed by atoms with van der Waals surface area (Å²) < 4.78 is 9.49. The van der Waals surface area contributed by atoms with Gasteiger partial charge in [0.15, 0.2) is 6.10 Å². The molecule has 158 valence electrons. The Bertz CT molecular complexity index is 589. The van der Waals surface area contributed by atoms with Gasteiger partial charge in [-0.1, -0.05) is 6.42 Å². The number of fused-ring (bicyclic) bond motifs is 1. The van der Waals surface area contributed by atoms with Gasteiger partial charge in [0.25, 0.3) is 0 Å². The molecule has 10 nitrogen and oxygen atoms in total. The number of esters is 2. The monoisotopic (exact) mass is 417 g/mol. The summed E-state index contributed by atoms with van der Waals surface area (Å²) in [5, 5.41) is 17.4. The molecular weight excluding hydrogens is 390 g/mol. The van der Waals surface area contributed by atoms with Crippen molar-refractivity contribution in [3.05, 3.63) is 0 Å². The van der Waals surface area contributed by atoms with Gasteiger partial charge in [0, 0.05) is 17.4 Å². The molecule has 2 saturated heterocycles. The number of carbonyl (C=O) groups excluding carboxylic acids is 4. The van der Waals surface area contributed by atoms with Crippen molar-refractivity contribution in [1.82, 2.24) is 16.0 Å². The highest BCUT2D eigenvalue weighted by Gasteiger charge is 2.42. The molecule has 0 aromatic carbocycles. The molecule has 0 bridgehead atoms. The van der Waals surface area contributed by atoms with Gasteiger partial charge in [-0.05, 0) is 19.8 Å². The van der Waals surface area contributed by atoms with E-state index in [0.29, 0.717) is 11.7 Å². The van der Waals surface area contributed by atoms with Crippen molar-refractivity contribution < 1.29 is 33.8 Å². The van der Waals surface area contributed by atoms with Crippen LogP contribution in [-0.2, 0) is 23.9 Å². The third-order valence-corrected chi connectivity index (χ3v) is 6.03. The first-order chi connectivity index (χ1) is 13.4. The number of amides is 3. The Balaban J connectivity index is 1.48. The molecule has 11 heteroatoms. The zero-order chi connectivity index (χ0) is 20.5. The topological polar surface area (TPSA) is 143 Å². The number of nitrogens with one attached hydrogen (secondary N) is 3. The molecule has 0 saturated carbocycles. The second-order valence-electron chi connectivity index (χ2n) is 6.68. The molecule has 0 aromatic rings. The number of carbonyl (C=O) groups is 4. The molecule has 2 aliphatic rings. The molecule has 2 fully saturated rings. The minimum atomic E-state index is -1.11. The molecule has 0 aliphatic carbocycles. The van der Waals surface area contributed by atoms with E-state index in [1.807, 2.05) is 11.8 Å². The highest BCUT2D eigenvalue weighted by atomic mass is 32.2. The fraction of sp³-hybridized carbons (Fsp3) is 0.765. The lowest BCUT2D eigenvalue weighted by atomic mass is 10.0. The molecule has 0 aromatic heterocycles. The number of hydrogen-bond acceptors (Lipinski definition) is 8. The molecular formula is C17H27N3O7S. The number of urea groups is 1. The average molecular weight is 417 g/mol. The van der Waals surface area contributed by atoms with E-state index in [1.54, 1.807) is 0 Å². The number of aliphatic hydroxyl groups is 1.